The second-order valence-electron chi connectivity index (χ2n) is 7.94. The molecule has 5 nitrogen and oxygen atoms in total. The Balaban J connectivity index is 1.29. The highest BCUT2D eigenvalue weighted by Gasteiger charge is 2.38. The maximum Gasteiger partial charge on any atom is 0.237 e. The summed E-state index contributed by atoms with van der Waals surface area (Å²) in [6.07, 6.45) is 14.3. The van der Waals surface area contributed by atoms with E-state index in [9.17, 15) is 4.79 Å². The van der Waals surface area contributed by atoms with Crippen molar-refractivity contribution >= 4 is 17.7 Å². The number of nitrogens with zero attached hydrogens (tertiary/aromatic N) is 4. The van der Waals surface area contributed by atoms with Crippen molar-refractivity contribution in [2.24, 2.45) is 0 Å². The first kappa shape index (κ1) is 15.9. The van der Waals surface area contributed by atoms with Crippen molar-refractivity contribution in [1.29, 1.82) is 0 Å². The van der Waals surface area contributed by atoms with E-state index in [1.165, 1.54) is 50.0 Å². The quantitative estimate of drug-likeness (QED) is 0.691. The molecule has 6 heteroatoms. The van der Waals surface area contributed by atoms with E-state index in [4.69, 9.17) is 0 Å². The van der Waals surface area contributed by atoms with Gasteiger partial charge in [-0.25, -0.2) is 0 Å². The number of carbonyl (C=O) groups excluding carboxylic acids is 1. The van der Waals surface area contributed by atoms with Gasteiger partial charge in [-0.2, -0.15) is 0 Å². The minimum Gasteiger partial charge on any atom is -0.313 e. The second kappa shape index (κ2) is 6.45. The SMILES string of the molecule is O=C(CSc1nnc(C2CC2)n1C1CC1)N(C1=CCCCC1)C1CC1. The number of rotatable bonds is 7. The lowest BCUT2D eigenvalue weighted by Gasteiger charge is -2.27. The third kappa shape index (κ3) is 3.37. The Bertz CT molecular complexity index is 700. The van der Waals surface area contributed by atoms with Gasteiger partial charge in [-0.05, 0) is 64.2 Å². The number of hydrogen-bond donors (Lipinski definition) is 0. The molecule has 25 heavy (non-hydrogen) atoms. The van der Waals surface area contributed by atoms with Crippen molar-refractivity contribution in [2.75, 3.05) is 5.75 Å². The summed E-state index contributed by atoms with van der Waals surface area (Å²) in [6.45, 7) is 0. The zero-order valence-electron chi connectivity index (χ0n) is 14.7. The smallest absolute Gasteiger partial charge is 0.237 e. The predicted molar refractivity (Wildman–Crippen MR) is 97.4 cm³/mol. The molecule has 1 aromatic rings. The molecule has 0 atom stereocenters. The molecule has 0 unspecified atom stereocenters. The van der Waals surface area contributed by atoms with Gasteiger partial charge in [0.2, 0.25) is 5.91 Å². The minimum atomic E-state index is 0.263. The molecule has 134 valence electrons. The molecular formula is C19H26N4OS. The van der Waals surface area contributed by atoms with Crippen LogP contribution in [0.15, 0.2) is 16.9 Å². The van der Waals surface area contributed by atoms with Crippen LogP contribution >= 0.6 is 11.8 Å². The standard InChI is InChI=1S/C19H26N4OS/c24-17(22(15-8-9-15)14-4-2-1-3-5-14)12-25-19-21-20-18(13-6-7-13)23(19)16-10-11-16/h4,13,15-16H,1-3,5-12H2. The molecule has 0 aliphatic heterocycles. The average molecular weight is 359 g/mol. The van der Waals surface area contributed by atoms with Crippen LogP contribution in [-0.4, -0.2) is 37.4 Å². The van der Waals surface area contributed by atoms with Crippen LogP contribution in [0.2, 0.25) is 0 Å². The van der Waals surface area contributed by atoms with Crippen LogP contribution in [-0.2, 0) is 4.79 Å². The number of allylic oxidation sites excluding steroid dienone is 2. The van der Waals surface area contributed by atoms with E-state index in [-0.39, 0.29) is 5.91 Å². The molecule has 0 spiro atoms. The molecule has 0 bridgehead atoms. The van der Waals surface area contributed by atoms with Gasteiger partial charge in [0, 0.05) is 23.7 Å². The maximum absolute atomic E-state index is 13.0. The summed E-state index contributed by atoms with van der Waals surface area (Å²) < 4.78 is 2.34. The lowest BCUT2D eigenvalue weighted by atomic mass is 10.0. The largest absolute Gasteiger partial charge is 0.313 e. The monoisotopic (exact) mass is 358 g/mol. The summed E-state index contributed by atoms with van der Waals surface area (Å²) in [7, 11) is 0. The normalized spacial score (nSPS) is 23.4. The highest BCUT2D eigenvalue weighted by molar-refractivity contribution is 7.99. The molecular weight excluding hydrogens is 332 g/mol. The molecule has 4 aliphatic carbocycles. The van der Waals surface area contributed by atoms with Crippen molar-refractivity contribution < 1.29 is 4.79 Å². The summed E-state index contributed by atoms with van der Waals surface area (Å²) in [6, 6.07) is 1.05. The molecule has 0 radical (unpaired) electrons. The van der Waals surface area contributed by atoms with Gasteiger partial charge in [0.15, 0.2) is 5.16 Å². The molecule has 0 saturated heterocycles. The fraction of sp³-hybridized carbons (Fsp3) is 0.737. The Morgan fingerprint density at radius 2 is 2.00 bits per heavy atom. The van der Waals surface area contributed by atoms with Gasteiger partial charge in [0.05, 0.1) is 5.75 Å². The maximum atomic E-state index is 13.0. The molecule has 4 aliphatic rings. The minimum absolute atomic E-state index is 0.263. The van der Waals surface area contributed by atoms with Crippen molar-refractivity contribution in [3.05, 3.63) is 17.6 Å². The molecule has 1 amide bonds. The second-order valence-corrected chi connectivity index (χ2v) is 8.88. The zero-order valence-corrected chi connectivity index (χ0v) is 15.5. The van der Waals surface area contributed by atoms with Crippen LogP contribution < -0.4 is 0 Å². The fourth-order valence-corrected chi connectivity index (χ4v) is 4.72. The van der Waals surface area contributed by atoms with Crippen LogP contribution in [0.5, 0.6) is 0 Å². The average Bonchev–Trinajstić information content (AvgIpc) is 3.48. The van der Waals surface area contributed by atoms with Crippen LogP contribution in [0.25, 0.3) is 0 Å². The molecule has 3 fully saturated rings. The predicted octanol–water partition coefficient (Wildman–Crippen LogP) is 4.03. The van der Waals surface area contributed by atoms with Gasteiger partial charge < -0.3 is 9.47 Å². The number of hydrogen-bond acceptors (Lipinski definition) is 4. The highest BCUT2D eigenvalue weighted by Crippen LogP contribution is 2.46. The Morgan fingerprint density at radius 1 is 1.16 bits per heavy atom. The first-order valence-corrected chi connectivity index (χ1v) is 10.9. The summed E-state index contributed by atoms with van der Waals surface area (Å²) in [5.74, 6) is 2.54. The summed E-state index contributed by atoms with van der Waals surface area (Å²) in [5.41, 5.74) is 1.28. The molecule has 5 rings (SSSR count). The van der Waals surface area contributed by atoms with Gasteiger partial charge in [-0.15, -0.1) is 10.2 Å². The van der Waals surface area contributed by atoms with Gasteiger partial charge in [-0.3, -0.25) is 4.79 Å². The van der Waals surface area contributed by atoms with Gasteiger partial charge in [0.25, 0.3) is 0 Å². The Morgan fingerprint density at radius 3 is 2.64 bits per heavy atom. The van der Waals surface area contributed by atoms with Gasteiger partial charge >= 0.3 is 0 Å². The fourth-order valence-electron chi connectivity index (χ4n) is 3.85. The van der Waals surface area contributed by atoms with Crippen LogP contribution in [0.1, 0.15) is 82.0 Å². The third-order valence-electron chi connectivity index (χ3n) is 5.63. The van der Waals surface area contributed by atoms with Crippen molar-refractivity contribution in [2.45, 2.75) is 87.4 Å². The van der Waals surface area contributed by atoms with Crippen molar-refractivity contribution in [3.63, 3.8) is 0 Å². The molecule has 1 aromatic heterocycles. The molecule has 0 aromatic carbocycles. The first-order valence-electron chi connectivity index (χ1n) is 9.90. The first-order chi connectivity index (χ1) is 12.3. The third-order valence-corrected chi connectivity index (χ3v) is 6.56. The van der Waals surface area contributed by atoms with Crippen LogP contribution in [0.4, 0.5) is 0 Å². The molecule has 1 heterocycles. The highest BCUT2D eigenvalue weighted by atomic mass is 32.2. The van der Waals surface area contributed by atoms with E-state index in [2.05, 4.69) is 25.7 Å². The van der Waals surface area contributed by atoms with E-state index in [0.717, 1.165) is 30.8 Å². The topological polar surface area (TPSA) is 51.0 Å². The number of amides is 1. The lowest BCUT2D eigenvalue weighted by molar-refractivity contribution is -0.127. The summed E-state index contributed by atoms with van der Waals surface area (Å²) in [5, 5.41) is 9.85. The van der Waals surface area contributed by atoms with Crippen molar-refractivity contribution in [1.82, 2.24) is 19.7 Å². The Kier molecular flexibility index (Phi) is 4.11. The summed E-state index contributed by atoms with van der Waals surface area (Å²) >= 11 is 1.60. The van der Waals surface area contributed by atoms with Crippen LogP contribution in [0.3, 0.4) is 0 Å². The van der Waals surface area contributed by atoms with E-state index in [1.807, 2.05) is 0 Å². The summed E-state index contributed by atoms with van der Waals surface area (Å²) in [4.78, 5) is 15.1. The van der Waals surface area contributed by atoms with Gasteiger partial charge in [-0.1, -0.05) is 17.8 Å². The Hall–Kier alpha value is -1.30. The van der Waals surface area contributed by atoms with Crippen molar-refractivity contribution in [3.8, 4) is 0 Å². The van der Waals surface area contributed by atoms with E-state index in [1.54, 1.807) is 11.8 Å². The lowest BCUT2D eigenvalue weighted by Crippen LogP contribution is -2.34. The molecule has 0 N–H and O–H groups in total. The molecule has 3 saturated carbocycles. The van der Waals surface area contributed by atoms with E-state index in [0.29, 0.717) is 23.8 Å². The van der Waals surface area contributed by atoms with Gasteiger partial charge in [0.1, 0.15) is 5.82 Å². The van der Waals surface area contributed by atoms with Crippen LogP contribution in [0, 0.1) is 0 Å². The number of aromatic nitrogens is 3. The number of thioether (sulfide) groups is 1. The number of carbonyl (C=O) groups is 1. The van der Waals surface area contributed by atoms with E-state index >= 15 is 0 Å². The zero-order chi connectivity index (χ0) is 16.8. The Labute approximate surface area is 153 Å². The van der Waals surface area contributed by atoms with E-state index < -0.39 is 0 Å².